The zero-order valence-corrected chi connectivity index (χ0v) is 12.3. The van der Waals surface area contributed by atoms with E-state index in [1.807, 2.05) is 0 Å². The van der Waals surface area contributed by atoms with Crippen LogP contribution in [0.15, 0.2) is 0 Å². The number of nitrogens with one attached hydrogen (secondary N) is 1. The summed E-state index contributed by atoms with van der Waals surface area (Å²) in [6, 6.07) is 0. The van der Waals surface area contributed by atoms with Crippen molar-refractivity contribution in [3.63, 3.8) is 0 Å². The largest absolute Gasteiger partial charge is 0.370 e. The quantitative estimate of drug-likeness (QED) is 0.856. The van der Waals surface area contributed by atoms with E-state index in [0.717, 1.165) is 50.2 Å². The SMILES string of the molecule is COC1(c2n[nH]c(CCCN)n2)CCC(C)(C)CC1. The minimum Gasteiger partial charge on any atom is -0.370 e. The molecular weight excluding hydrogens is 240 g/mol. The van der Waals surface area contributed by atoms with E-state index >= 15 is 0 Å². The molecule has 0 unspecified atom stereocenters. The van der Waals surface area contributed by atoms with Crippen molar-refractivity contribution in [2.24, 2.45) is 11.1 Å². The van der Waals surface area contributed by atoms with Gasteiger partial charge in [-0.3, -0.25) is 5.10 Å². The van der Waals surface area contributed by atoms with Gasteiger partial charge in [0.15, 0.2) is 5.82 Å². The Hall–Kier alpha value is -0.940. The summed E-state index contributed by atoms with van der Waals surface area (Å²) in [6.07, 6.45) is 6.06. The molecule has 3 N–H and O–H groups in total. The minimum absolute atomic E-state index is 0.299. The lowest BCUT2D eigenvalue weighted by Crippen LogP contribution is -2.37. The number of H-pyrrole nitrogens is 1. The molecule has 0 bridgehead atoms. The molecule has 0 radical (unpaired) electrons. The van der Waals surface area contributed by atoms with Gasteiger partial charge in [0, 0.05) is 13.5 Å². The number of hydrogen-bond donors (Lipinski definition) is 2. The Morgan fingerprint density at radius 1 is 1.26 bits per heavy atom. The first-order chi connectivity index (χ1) is 9.01. The van der Waals surface area contributed by atoms with Gasteiger partial charge in [0.2, 0.25) is 0 Å². The van der Waals surface area contributed by atoms with Crippen molar-refractivity contribution in [2.75, 3.05) is 13.7 Å². The highest BCUT2D eigenvalue weighted by atomic mass is 16.5. The summed E-state index contributed by atoms with van der Waals surface area (Å²) in [5.41, 5.74) is 5.63. The second-order valence-electron chi connectivity index (χ2n) is 6.36. The number of aromatic nitrogens is 3. The summed E-state index contributed by atoms with van der Waals surface area (Å²) in [6.45, 7) is 5.31. The summed E-state index contributed by atoms with van der Waals surface area (Å²) in [5.74, 6) is 1.74. The molecule has 1 aromatic rings. The number of nitrogens with zero attached hydrogens (tertiary/aromatic N) is 2. The molecule has 1 aliphatic carbocycles. The monoisotopic (exact) mass is 266 g/mol. The fourth-order valence-corrected chi connectivity index (χ4v) is 2.73. The Bertz CT molecular complexity index is 403. The van der Waals surface area contributed by atoms with Crippen molar-refractivity contribution in [3.05, 3.63) is 11.6 Å². The standard InChI is InChI=1S/C14H26N4O/c1-13(2)6-8-14(19-3,9-7-13)12-16-11(17-18-12)5-4-10-15/h4-10,15H2,1-3H3,(H,16,17,18). The van der Waals surface area contributed by atoms with Gasteiger partial charge in [0.25, 0.3) is 0 Å². The maximum atomic E-state index is 5.81. The fraction of sp³-hybridized carbons (Fsp3) is 0.857. The summed E-state index contributed by atoms with van der Waals surface area (Å²) in [7, 11) is 1.77. The van der Waals surface area contributed by atoms with Crippen LogP contribution >= 0.6 is 0 Å². The zero-order chi connectivity index (χ0) is 13.9. The number of rotatable bonds is 5. The summed E-state index contributed by atoms with van der Waals surface area (Å²) >= 11 is 0. The van der Waals surface area contributed by atoms with Crippen LogP contribution in [0.5, 0.6) is 0 Å². The number of hydrogen-bond acceptors (Lipinski definition) is 4. The average Bonchev–Trinajstić information content (AvgIpc) is 2.86. The van der Waals surface area contributed by atoms with E-state index < -0.39 is 0 Å². The van der Waals surface area contributed by atoms with Gasteiger partial charge in [0.1, 0.15) is 11.4 Å². The Kier molecular flexibility index (Phi) is 4.26. The molecular formula is C14H26N4O. The Balaban J connectivity index is 2.11. The highest BCUT2D eigenvalue weighted by Gasteiger charge is 2.42. The molecule has 1 fully saturated rings. The predicted octanol–water partition coefficient (Wildman–Crippen LogP) is 2.14. The van der Waals surface area contributed by atoms with E-state index in [9.17, 15) is 0 Å². The van der Waals surface area contributed by atoms with Crippen LogP contribution in [0.1, 0.15) is 57.6 Å². The van der Waals surface area contributed by atoms with E-state index in [2.05, 4.69) is 29.0 Å². The second-order valence-corrected chi connectivity index (χ2v) is 6.36. The van der Waals surface area contributed by atoms with E-state index in [1.54, 1.807) is 7.11 Å². The number of nitrogens with two attached hydrogens (primary N) is 1. The number of aryl methyl sites for hydroxylation is 1. The zero-order valence-electron chi connectivity index (χ0n) is 12.3. The van der Waals surface area contributed by atoms with E-state index in [-0.39, 0.29) is 5.60 Å². The lowest BCUT2D eigenvalue weighted by Gasteiger charge is -2.40. The molecule has 0 aromatic carbocycles. The maximum Gasteiger partial charge on any atom is 0.182 e. The van der Waals surface area contributed by atoms with Gasteiger partial charge in [-0.2, -0.15) is 5.10 Å². The number of ether oxygens (including phenoxy) is 1. The van der Waals surface area contributed by atoms with Crippen molar-refractivity contribution < 1.29 is 4.74 Å². The third kappa shape index (κ3) is 3.15. The number of aromatic amines is 1. The van der Waals surface area contributed by atoms with Crippen LogP contribution in [0.2, 0.25) is 0 Å². The highest BCUT2D eigenvalue weighted by Crippen LogP contribution is 2.45. The highest BCUT2D eigenvalue weighted by molar-refractivity contribution is 5.06. The van der Waals surface area contributed by atoms with Crippen LogP contribution in [0, 0.1) is 5.41 Å². The Morgan fingerprint density at radius 3 is 2.53 bits per heavy atom. The molecule has 0 spiro atoms. The van der Waals surface area contributed by atoms with E-state index in [1.165, 1.54) is 0 Å². The van der Waals surface area contributed by atoms with Crippen molar-refractivity contribution in [1.29, 1.82) is 0 Å². The van der Waals surface area contributed by atoms with Crippen LogP contribution in [0.3, 0.4) is 0 Å². The molecule has 1 heterocycles. The summed E-state index contributed by atoms with van der Waals surface area (Å²) in [5, 5.41) is 7.40. The molecule has 0 saturated heterocycles. The first-order valence-corrected chi connectivity index (χ1v) is 7.18. The van der Waals surface area contributed by atoms with Gasteiger partial charge in [0.05, 0.1) is 0 Å². The van der Waals surface area contributed by atoms with E-state index in [4.69, 9.17) is 10.5 Å². The van der Waals surface area contributed by atoms with Crippen LogP contribution in [-0.4, -0.2) is 28.8 Å². The average molecular weight is 266 g/mol. The third-order valence-electron chi connectivity index (χ3n) is 4.36. The molecule has 0 atom stereocenters. The predicted molar refractivity (Wildman–Crippen MR) is 74.7 cm³/mol. The first kappa shape index (κ1) is 14.5. The van der Waals surface area contributed by atoms with Gasteiger partial charge >= 0.3 is 0 Å². The van der Waals surface area contributed by atoms with Gasteiger partial charge in [-0.05, 0) is 44.1 Å². The lowest BCUT2D eigenvalue weighted by atomic mass is 9.70. The van der Waals surface area contributed by atoms with Crippen LogP contribution < -0.4 is 5.73 Å². The van der Waals surface area contributed by atoms with Crippen LogP contribution in [0.4, 0.5) is 0 Å². The normalized spacial score (nSPS) is 21.5. The lowest BCUT2D eigenvalue weighted by molar-refractivity contribution is -0.0727. The Morgan fingerprint density at radius 2 is 1.95 bits per heavy atom. The molecule has 2 rings (SSSR count). The molecule has 1 saturated carbocycles. The van der Waals surface area contributed by atoms with Crippen molar-refractivity contribution in [1.82, 2.24) is 15.2 Å². The third-order valence-corrected chi connectivity index (χ3v) is 4.36. The molecule has 1 aliphatic rings. The van der Waals surface area contributed by atoms with Crippen molar-refractivity contribution in [2.45, 2.75) is 58.0 Å². The van der Waals surface area contributed by atoms with E-state index in [0.29, 0.717) is 12.0 Å². The van der Waals surface area contributed by atoms with Gasteiger partial charge in [-0.25, -0.2) is 4.98 Å². The molecule has 5 nitrogen and oxygen atoms in total. The van der Waals surface area contributed by atoms with Crippen molar-refractivity contribution in [3.8, 4) is 0 Å². The number of methoxy groups -OCH3 is 1. The molecule has 108 valence electrons. The van der Waals surface area contributed by atoms with Gasteiger partial charge in [-0.1, -0.05) is 13.8 Å². The van der Waals surface area contributed by atoms with Crippen molar-refractivity contribution >= 4 is 0 Å². The molecule has 19 heavy (non-hydrogen) atoms. The summed E-state index contributed by atoms with van der Waals surface area (Å²) < 4.78 is 5.81. The maximum absolute atomic E-state index is 5.81. The topological polar surface area (TPSA) is 76.8 Å². The molecule has 0 amide bonds. The molecule has 0 aliphatic heterocycles. The smallest absolute Gasteiger partial charge is 0.182 e. The first-order valence-electron chi connectivity index (χ1n) is 7.18. The van der Waals surface area contributed by atoms with Gasteiger partial charge < -0.3 is 10.5 Å². The second kappa shape index (κ2) is 5.59. The van der Waals surface area contributed by atoms with Crippen LogP contribution in [0.25, 0.3) is 0 Å². The minimum atomic E-state index is -0.299. The summed E-state index contributed by atoms with van der Waals surface area (Å²) in [4.78, 5) is 4.61. The fourth-order valence-electron chi connectivity index (χ4n) is 2.73. The van der Waals surface area contributed by atoms with Crippen LogP contribution in [-0.2, 0) is 16.8 Å². The Labute approximate surface area is 115 Å². The molecule has 5 heteroatoms. The van der Waals surface area contributed by atoms with Gasteiger partial charge in [-0.15, -0.1) is 0 Å². The molecule has 1 aromatic heterocycles.